The highest BCUT2D eigenvalue weighted by Gasteiger charge is 2.24. The van der Waals surface area contributed by atoms with Crippen molar-refractivity contribution in [2.45, 2.75) is 13.5 Å². The molecule has 0 saturated carbocycles. The fourth-order valence-corrected chi connectivity index (χ4v) is 3.26. The van der Waals surface area contributed by atoms with Crippen LogP contribution >= 0.6 is 0 Å². The Balaban J connectivity index is 1.34. The number of phenolic OH excluding ortho intramolecular Hbond substituents is 1. The number of benzene rings is 2. The van der Waals surface area contributed by atoms with Crippen molar-refractivity contribution in [1.82, 2.24) is 19.9 Å². The van der Waals surface area contributed by atoms with Gasteiger partial charge in [0.2, 0.25) is 11.7 Å². The quantitative estimate of drug-likeness (QED) is 0.752. The van der Waals surface area contributed by atoms with Gasteiger partial charge in [-0.15, -0.1) is 0 Å². The molecule has 1 amide bonds. The molecule has 0 atom stereocenters. The van der Waals surface area contributed by atoms with Crippen LogP contribution in [0.1, 0.15) is 21.8 Å². The zero-order valence-electron chi connectivity index (χ0n) is 15.7. The minimum absolute atomic E-state index is 0.0180. The molecule has 3 aromatic rings. The first-order valence-electron chi connectivity index (χ1n) is 9.29. The van der Waals surface area contributed by atoms with Gasteiger partial charge < -0.3 is 14.5 Å². The summed E-state index contributed by atoms with van der Waals surface area (Å²) in [7, 11) is 0. The number of para-hydroxylation sites is 1. The van der Waals surface area contributed by atoms with E-state index < -0.39 is 0 Å². The Morgan fingerprint density at radius 1 is 1.07 bits per heavy atom. The van der Waals surface area contributed by atoms with Gasteiger partial charge >= 0.3 is 0 Å². The molecule has 0 bridgehead atoms. The second kappa shape index (κ2) is 7.82. The largest absolute Gasteiger partial charge is 0.507 e. The number of hydrogen-bond acceptors (Lipinski definition) is 6. The number of rotatable bonds is 4. The Hall–Kier alpha value is -3.19. The third-order valence-corrected chi connectivity index (χ3v) is 4.93. The standard InChI is InChI=1S/C21H22N4O3/c1-15-6-8-16(9-7-15)20-22-19(28-23-20)14-24-10-12-25(13-11-24)21(27)17-4-2-3-5-18(17)26/h2-9,26H,10-14H2,1H3. The summed E-state index contributed by atoms with van der Waals surface area (Å²) >= 11 is 0. The molecule has 1 aromatic heterocycles. The summed E-state index contributed by atoms with van der Waals surface area (Å²) in [5.74, 6) is 1.03. The molecule has 0 spiro atoms. The van der Waals surface area contributed by atoms with Crippen molar-refractivity contribution in [2.75, 3.05) is 26.2 Å². The molecule has 4 rings (SSSR count). The van der Waals surface area contributed by atoms with Crippen LogP contribution in [0.4, 0.5) is 0 Å². The molecule has 1 N–H and O–H groups in total. The molecule has 1 saturated heterocycles. The maximum absolute atomic E-state index is 12.6. The zero-order chi connectivity index (χ0) is 19.5. The summed E-state index contributed by atoms with van der Waals surface area (Å²) in [6.45, 7) is 5.19. The van der Waals surface area contributed by atoms with Crippen molar-refractivity contribution in [3.8, 4) is 17.1 Å². The smallest absolute Gasteiger partial charge is 0.257 e. The third-order valence-electron chi connectivity index (χ3n) is 4.93. The SMILES string of the molecule is Cc1ccc(-c2noc(CN3CCN(C(=O)c4ccccc4O)CC3)n2)cc1. The van der Waals surface area contributed by atoms with Crippen LogP contribution in [0.2, 0.25) is 0 Å². The van der Waals surface area contributed by atoms with Crippen molar-refractivity contribution in [2.24, 2.45) is 0 Å². The molecule has 144 valence electrons. The average molecular weight is 378 g/mol. The fraction of sp³-hybridized carbons (Fsp3) is 0.286. The predicted octanol–water partition coefficient (Wildman–Crippen LogP) is 2.71. The fourth-order valence-electron chi connectivity index (χ4n) is 3.26. The molecule has 7 heteroatoms. The molecule has 7 nitrogen and oxygen atoms in total. The second-order valence-electron chi connectivity index (χ2n) is 6.96. The number of nitrogens with zero attached hydrogens (tertiary/aromatic N) is 4. The lowest BCUT2D eigenvalue weighted by molar-refractivity contribution is 0.0612. The van der Waals surface area contributed by atoms with Gasteiger partial charge in [-0.25, -0.2) is 0 Å². The van der Waals surface area contributed by atoms with Gasteiger partial charge in [0.05, 0.1) is 12.1 Å². The lowest BCUT2D eigenvalue weighted by Gasteiger charge is -2.34. The van der Waals surface area contributed by atoms with Gasteiger partial charge in [0, 0.05) is 31.7 Å². The predicted molar refractivity (Wildman–Crippen MR) is 104 cm³/mol. The first-order chi connectivity index (χ1) is 13.6. The summed E-state index contributed by atoms with van der Waals surface area (Å²) < 4.78 is 5.40. The Morgan fingerprint density at radius 2 is 1.79 bits per heavy atom. The van der Waals surface area contributed by atoms with Gasteiger partial charge in [0.15, 0.2) is 0 Å². The van der Waals surface area contributed by atoms with E-state index in [1.165, 1.54) is 11.6 Å². The van der Waals surface area contributed by atoms with Crippen LogP contribution in [0.15, 0.2) is 53.1 Å². The minimum Gasteiger partial charge on any atom is -0.507 e. The van der Waals surface area contributed by atoms with E-state index in [0.717, 1.165) is 5.56 Å². The van der Waals surface area contributed by atoms with Crippen LogP contribution in [0.5, 0.6) is 5.75 Å². The van der Waals surface area contributed by atoms with Crippen LogP contribution in [0.25, 0.3) is 11.4 Å². The molecule has 28 heavy (non-hydrogen) atoms. The van der Waals surface area contributed by atoms with Crippen molar-refractivity contribution >= 4 is 5.91 Å². The van der Waals surface area contributed by atoms with Crippen LogP contribution in [-0.4, -0.2) is 57.1 Å². The normalized spacial score (nSPS) is 15.0. The third kappa shape index (κ3) is 3.89. The van der Waals surface area contributed by atoms with E-state index in [2.05, 4.69) is 15.0 Å². The summed E-state index contributed by atoms with van der Waals surface area (Å²) in [6, 6.07) is 14.6. The molecule has 1 aliphatic rings. The highest BCUT2D eigenvalue weighted by atomic mass is 16.5. The lowest BCUT2D eigenvalue weighted by Crippen LogP contribution is -2.48. The van der Waals surface area contributed by atoms with Crippen LogP contribution in [-0.2, 0) is 6.54 Å². The lowest BCUT2D eigenvalue weighted by atomic mass is 10.1. The van der Waals surface area contributed by atoms with Gasteiger partial charge in [-0.1, -0.05) is 47.1 Å². The number of carbonyl (C=O) groups excluding carboxylic acids is 1. The average Bonchev–Trinajstić information content (AvgIpc) is 3.17. The van der Waals surface area contributed by atoms with Crippen molar-refractivity contribution in [1.29, 1.82) is 0 Å². The van der Waals surface area contributed by atoms with E-state index in [9.17, 15) is 9.90 Å². The maximum Gasteiger partial charge on any atom is 0.257 e. The summed E-state index contributed by atoms with van der Waals surface area (Å²) in [6.07, 6.45) is 0. The van der Waals surface area contributed by atoms with Gasteiger partial charge in [-0.3, -0.25) is 9.69 Å². The molecule has 1 aliphatic heterocycles. The van der Waals surface area contributed by atoms with Crippen LogP contribution in [0, 0.1) is 6.92 Å². The van der Waals surface area contributed by atoms with Gasteiger partial charge in [0.1, 0.15) is 5.75 Å². The number of phenols is 1. The van der Waals surface area contributed by atoms with Crippen LogP contribution in [0.3, 0.4) is 0 Å². The topological polar surface area (TPSA) is 82.7 Å². The Kier molecular flexibility index (Phi) is 5.08. The number of piperazine rings is 1. The molecule has 1 fully saturated rings. The molecule has 0 radical (unpaired) electrons. The van der Waals surface area contributed by atoms with E-state index in [-0.39, 0.29) is 11.7 Å². The summed E-state index contributed by atoms with van der Waals surface area (Å²) in [5, 5.41) is 14.0. The number of amides is 1. The maximum atomic E-state index is 12.6. The van der Waals surface area contributed by atoms with Crippen molar-refractivity contribution < 1.29 is 14.4 Å². The van der Waals surface area contributed by atoms with E-state index in [1.54, 1.807) is 23.1 Å². The molecule has 2 aromatic carbocycles. The van der Waals surface area contributed by atoms with Gasteiger partial charge in [-0.2, -0.15) is 4.98 Å². The summed E-state index contributed by atoms with van der Waals surface area (Å²) in [5.41, 5.74) is 2.46. The van der Waals surface area contributed by atoms with Crippen molar-refractivity contribution in [3.63, 3.8) is 0 Å². The first-order valence-corrected chi connectivity index (χ1v) is 9.29. The minimum atomic E-state index is -0.141. The number of aromatic hydroxyl groups is 1. The zero-order valence-corrected chi connectivity index (χ0v) is 15.7. The highest BCUT2D eigenvalue weighted by Crippen LogP contribution is 2.20. The van der Waals surface area contributed by atoms with Crippen LogP contribution < -0.4 is 0 Å². The molecule has 0 aliphatic carbocycles. The molecule has 0 unspecified atom stereocenters. The van der Waals surface area contributed by atoms with Gasteiger partial charge in [0.25, 0.3) is 5.91 Å². The number of aryl methyl sites for hydroxylation is 1. The number of carbonyl (C=O) groups is 1. The second-order valence-corrected chi connectivity index (χ2v) is 6.96. The molecular formula is C21H22N4O3. The monoisotopic (exact) mass is 378 g/mol. The van der Waals surface area contributed by atoms with E-state index in [1.807, 2.05) is 31.2 Å². The Morgan fingerprint density at radius 3 is 2.50 bits per heavy atom. The van der Waals surface area contributed by atoms with Crippen molar-refractivity contribution in [3.05, 3.63) is 65.5 Å². The number of aromatic nitrogens is 2. The highest BCUT2D eigenvalue weighted by molar-refractivity contribution is 5.96. The Labute approximate surface area is 163 Å². The van der Waals surface area contributed by atoms with E-state index in [4.69, 9.17) is 4.52 Å². The molecule has 2 heterocycles. The Bertz CT molecular complexity index is 960. The molecular weight excluding hydrogens is 356 g/mol. The summed E-state index contributed by atoms with van der Waals surface area (Å²) in [4.78, 5) is 21.0. The van der Waals surface area contributed by atoms with E-state index >= 15 is 0 Å². The number of hydrogen-bond donors (Lipinski definition) is 1. The van der Waals surface area contributed by atoms with E-state index in [0.29, 0.717) is 50.0 Å². The first kappa shape index (κ1) is 18.2. The van der Waals surface area contributed by atoms with Gasteiger partial charge in [-0.05, 0) is 19.1 Å².